The lowest BCUT2D eigenvalue weighted by Crippen LogP contribution is -2.52. The number of hydrogen-bond acceptors (Lipinski definition) is 4. The van der Waals surface area contributed by atoms with Gasteiger partial charge in [0.2, 0.25) is 5.91 Å². The number of piperidine rings is 1. The summed E-state index contributed by atoms with van der Waals surface area (Å²) in [5, 5.41) is 8.89. The van der Waals surface area contributed by atoms with E-state index in [1.54, 1.807) is 0 Å². The number of aliphatic carboxylic acids is 1. The normalized spacial score (nSPS) is 22.8. The van der Waals surface area contributed by atoms with Crippen LogP contribution in [0, 0.1) is 0 Å². The molecule has 6 heteroatoms. The van der Waals surface area contributed by atoms with Crippen molar-refractivity contribution in [2.75, 3.05) is 39.8 Å². The van der Waals surface area contributed by atoms with Crippen LogP contribution in [0.3, 0.4) is 0 Å². The highest BCUT2D eigenvalue weighted by Crippen LogP contribution is 2.19. The number of carboxylic acid groups (broad SMARTS) is 1. The van der Waals surface area contributed by atoms with Gasteiger partial charge in [-0.1, -0.05) is 12.8 Å². The predicted molar refractivity (Wildman–Crippen MR) is 89.4 cm³/mol. The van der Waals surface area contributed by atoms with Crippen LogP contribution in [0.25, 0.3) is 0 Å². The third-order valence-corrected chi connectivity index (χ3v) is 5.33. The van der Waals surface area contributed by atoms with Crippen LogP contribution in [0.1, 0.15) is 45.4 Å². The molecule has 2 aliphatic heterocycles. The number of amides is 1. The number of likely N-dealkylation sites (N-methyl/N-ethyl adjacent to an activating group) is 1. The summed E-state index contributed by atoms with van der Waals surface area (Å²) in [7, 11) is 1.88. The maximum Gasteiger partial charge on any atom is 0.317 e. The maximum atomic E-state index is 12.7. The van der Waals surface area contributed by atoms with Crippen molar-refractivity contribution in [1.82, 2.24) is 14.7 Å². The SMILES string of the molecule is CC(C(=O)N1CCCCCC1)N1CCC(N(C)CC(=O)O)CC1. The molecule has 132 valence electrons. The molecule has 2 fully saturated rings. The van der Waals surface area contributed by atoms with Gasteiger partial charge >= 0.3 is 5.97 Å². The molecule has 0 spiro atoms. The van der Waals surface area contributed by atoms with E-state index in [0.29, 0.717) is 6.04 Å². The third-order valence-electron chi connectivity index (χ3n) is 5.33. The summed E-state index contributed by atoms with van der Waals surface area (Å²) in [6, 6.07) is 0.252. The Morgan fingerprint density at radius 1 is 1.09 bits per heavy atom. The number of hydrogen-bond donors (Lipinski definition) is 1. The van der Waals surface area contributed by atoms with Gasteiger partial charge in [-0.3, -0.25) is 19.4 Å². The van der Waals surface area contributed by atoms with E-state index in [4.69, 9.17) is 5.11 Å². The standard InChI is InChI=1S/C17H31N3O3/c1-14(17(23)20-9-5-3-4-6-10-20)19-11-7-15(8-12-19)18(2)13-16(21)22/h14-15H,3-13H2,1-2H3,(H,21,22). The Morgan fingerprint density at radius 2 is 1.65 bits per heavy atom. The molecule has 1 unspecified atom stereocenters. The average molecular weight is 325 g/mol. The van der Waals surface area contributed by atoms with Gasteiger partial charge in [0.15, 0.2) is 0 Å². The van der Waals surface area contributed by atoms with Crippen LogP contribution in [-0.4, -0.2) is 83.5 Å². The fraction of sp³-hybridized carbons (Fsp3) is 0.882. The van der Waals surface area contributed by atoms with E-state index in [1.165, 1.54) is 12.8 Å². The van der Waals surface area contributed by atoms with Crippen molar-refractivity contribution in [3.05, 3.63) is 0 Å². The van der Waals surface area contributed by atoms with Gasteiger partial charge in [0, 0.05) is 32.2 Å². The molecule has 0 aromatic rings. The van der Waals surface area contributed by atoms with Crippen LogP contribution in [0.5, 0.6) is 0 Å². The van der Waals surface area contributed by atoms with Crippen molar-refractivity contribution in [3.8, 4) is 0 Å². The first kappa shape index (κ1) is 18.2. The quantitative estimate of drug-likeness (QED) is 0.824. The molecule has 1 amide bonds. The molecule has 0 aromatic carbocycles. The Balaban J connectivity index is 1.81. The smallest absolute Gasteiger partial charge is 0.317 e. The second-order valence-electron chi connectivity index (χ2n) is 6.99. The Hall–Kier alpha value is -1.14. The van der Waals surface area contributed by atoms with Gasteiger partial charge in [0.05, 0.1) is 12.6 Å². The van der Waals surface area contributed by atoms with Gasteiger partial charge in [-0.15, -0.1) is 0 Å². The molecule has 1 atom stereocenters. The zero-order valence-electron chi connectivity index (χ0n) is 14.5. The van der Waals surface area contributed by atoms with Crippen molar-refractivity contribution in [2.45, 2.75) is 57.5 Å². The highest BCUT2D eigenvalue weighted by Gasteiger charge is 2.30. The first-order chi connectivity index (χ1) is 11.0. The summed E-state index contributed by atoms with van der Waals surface area (Å²) in [5.74, 6) is -0.510. The van der Waals surface area contributed by atoms with Crippen LogP contribution in [0.2, 0.25) is 0 Å². The molecule has 2 aliphatic rings. The van der Waals surface area contributed by atoms with Gasteiger partial charge in [0.25, 0.3) is 0 Å². The van der Waals surface area contributed by atoms with E-state index >= 15 is 0 Å². The molecular formula is C17H31N3O3. The molecule has 0 bridgehead atoms. The van der Waals surface area contributed by atoms with Crippen LogP contribution in [-0.2, 0) is 9.59 Å². The van der Waals surface area contributed by atoms with E-state index in [1.807, 2.05) is 23.8 Å². The molecule has 0 saturated carbocycles. The molecule has 0 aromatic heterocycles. The second kappa shape index (κ2) is 8.64. The monoisotopic (exact) mass is 325 g/mol. The third kappa shape index (κ3) is 5.18. The number of nitrogens with zero attached hydrogens (tertiary/aromatic N) is 3. The molecule has 0 aliphatic carbocycles. The van der Waals surface area contributed by atoms with Crippen molar-refractivity contribution in [2.24, 2.45) is 0 Å². The molecule has 2 rings (SSSR count). The number of carbonyl (C=O) groups is 2. The van der Waals surface area contributed by atoms with Gasteiger partial charge in [0.1, 0.15) is 0 Å². The van der Waals surface area contributed by atoms with Crippen LogP contribution >= 0.6 is 0 Å². The topological polar surface area (TPSA) is 64.1 Å². The Morgan fingerprint density at radius 3 is 2.17 bits per heavy atom. The zero-order chi connectivity index (χ0) is 16.8. The highest BCUT2D eigenvalue weighted by molar-refractivity contribution is 5.81. The maximum absolute atomic E-state index is 12.7. The molecular weight excluding hydrogens is 294 g/mol. The summed E-state index contributed by atoms with van der Waals surface area (Å²) in [5.41, 5.74) is 0. The Labute approximate surface area is 139 Å². The molecule has 0 radical (unpaired) electrons. The zero-order valence-corrected chi connectivity index (χ0v) is 14.5. The second-order valence-corrected chi connectivity index (χ2v) is 6.99. The number of carbonyl (C=O) groups excluding carboxylic acids is 1. The first-order valence-electron chi connectivity index (χ1n) is 8.94. The molecule has 1 N–H and O–H groups in total. The lowest BCUT2D eigenvalue weighted by molar-refractivity contribution is -0.138. The molecule has 6 nitrogen and oxygen atoms in total. The summed E-state index contributed by atoms with van der Waals surface area (Å²) < 4.78 is 0. The van der Waals surface area contributed by atoms with Crippen molar-refractivity contribution >= 4 is 11.9 Å². The highest BCUT2D eigenvalue weighted by atomic mass is 16.4. The minimum Gasteiger partial charge on any atom is -0.480 e. The first-order valence-corrected chi connectivity index (χ1v) is 8.94. The summed E-state index contributed by atoms with van der Waals surface area (Å²) >= 11 is 0. The van der Waals surface area contributed by atoms with Crippen molar-refractivity contribution < 1.29 is 14.7 Å². The van der Waals surface area contributed by atoms with E-state index in [0.717, 1.165) is 51.9 Å². The predicted octanol–water partition coefficient (Wildman–Crippen LogP) is 1.26. The van der Waals surface area contributed by atoms with Gasteiger partial charge < -0.3 is 10.0 Å². The Bertz CT molecular complexity index is 400. The number of carboxylic acids is 1. The number of likely N-dealkylation sites (tertiary alicyclic amines) is 2. The van der Waals surface area contributed by atoms with Crippen LogP contribution in [0.15, 0.2) is 0 Å². The number of rotatable bonds is 5. The van der Waals surface area contributed by atoms with Gasteiger partial charge in [-0.05, 0) is 39.7 Å². The van der Waals surface area contributed by atoms with E-state index in [2.05, 4.69) is 4.90 Å². The van der Waals surface area contributed by atoms with E-state index < -0.39 is 5.97 Å². The molecule has 2 saturated heterocycles. The minimum atomic E-state index is -0.778. The molecule has 2 heterocycles. The fourth-order valence-corrected chi connectivity index (χ4v) is 3.77. The van der Waals surface area contributed by atoms with Crippen molar-refractivity contribution in [3.63, 3.8) is 0 Å². The summed E-state index contributed by atoms with van der Waals surface area (Å²) in [6.45, 7) is 5.66. The van der Waals surface area contributed by atoms with Crippen LogP contribution in [0.4, 0.5) is 0 Å². The van der Waals surface area contributed by atoms with Gasteiger partial charge in [-0.25, -0.2) is 0 Å². The Kier molecular flexibility index (Phi) is 6.84. The van der Waals surface area contributed by atoms with Crippen molar-refractivity contribution in [1.29, 1.82) is 0 Å². The summed E-state index contributed by atoms with van der Waals surface area (Å²) in [4.78, 5) is 29.7. The van der Waals surface area contributed by atoms with E-state index in [9.17, 15) is 9.59 Å². The van der Waals surface area contributed by atoms with Gasteiger partial charge in [-0.2, -0.15) is 0 Å². The largest absolute Gasteiger partial charge is 0.480 e. The van der Waals surface area contributed by atoms with E-state index in [-0.39, 0.29) is 18.5 Å². The average Bonchev–Trinajstić information content (AvgIpc) is 2.82. The molecule has 23 heavy (non-hydrogen) atoms. The lowest BCUT2D eigenvalue weighted by atomic mass is 10.0. The lowest BCUT2D eigenvalue weighted by Gasteiger charge is -2.39. The minimum absolute atomic E-state index is 0.0566. The summed E-state index contributed by atoms with van der Waals surface area (Å²) in [6.07, 6.45) is 6.59. The fourth-order valence-electron chi connectivity index (χ4n) is 3.77. The van der Waals surface area contributed by atoms with Crippen LogP contribution < -0.4 is 0 Å².